The summed E-state index contributed by atoms with van der Waals surface area (Å²) in [7, 11) is 0. The van der Waals surface area contributed by atoms with Gasteiger partial charge in [0, 0.05) is 0 Å². The number of nitrogens with two attached hydrogens (primary N) is 1. The summed E-state index contributed by atoms with van der Waals surface area (Å²) >= 11 is 0. The van der Waals surface area contributed by atoms with Gasteiger partial charge in [0.2, 0.25) is 5.91 Å². The molecule has 1 atom stereocenters. The van der Waals surface area contributed by atoms with Gasteiger partial charge in [-0.1, -0.05) is 6.92 Å². The highest BCUT2D eigenvalue weighted by atomic mass is 16.2. The minimum Gasteiger partial charge on any atom is -0.341 e. The molecule has 0 fully saturated rings. The van der Waals surface area contributed by atoms with Gasteiger partial charge in [0.25, 0.3) is 0 Å². The molecule has 0 radical (unpaired) electrons. The Labute approximate surface area is 66.4 Å². The van der Waals surface area contributed by atoms with E-state index in [1.807, 2.05) is 13.0 Å². The van der Waals surface area contributed by atoms with Crippen LogP contribution < -0.4 is 11.1 Å². The first-order chi connectivity index (χ1) is 5.04. The first kappa shape index (κ1) is 9.92. The van der Waals surface area contributed by atoms with Crippen LogP contribution in [0, 0.1) is 11.3 Å². The second kappa shape index (κ2) is 3.94. The van der Waals surface area contributed by atoms with E-state index in [0.717, 1.165) is 0 Å². The van der Waals surface area contributed by atoms with Crippen LogP contribution in [0.4, 0.5) is 0 Å². The van der Waals surface area contributed by atoms with Gasteiger partial charge in [-0.3, -0.25) is 4.79 Å². The summed E-state index contributed by atoms with van der Waals surface area (Å²) in [4.78, 5) is 11.1. The minimum absolute atomic E-state index is 0.0195. The third-order valence-corrected chi connectivity index (χ3v) is 1.58. The van der Waals surface area contributed by atoms with Crippen LogP contribution in [0.1, 0.15) is 20.3 Å². The molecule has 4 heteroatoms. The van der Waals surface area contributed by atoms with Crippen molar-refractivity contribution in [2.45, 2.75) is 25.8 Å². The maximum absolute atomic E-state index is 11.1. The molecular weight excluding hydrogens is 142 g/mol. The fraction of sp³-hybridized carbons (Fsp3) is 0.714. The molecule has 1 amide bonds. The lowest BCUT2D eigenvalue weighted by Gasteiger charge is -2.20. The van der Waals surface area contributed by atoms with Crippen LogP contribution in [0.5, 0.6) is 0 Å². The Morgan fingerprint density at radius 3 is 2.73 bits per heavy atom. The number of nitriles is 1. The van der Waals surface area contributed by atoms with E-state index in [4.69, 9.17) is 11.0 Å². The van der Waals surface area contributed by atoms with Crippen LogP contribution in [0.2, 0.25) is 0 Å². The number of carbonyl (C=O) groups is 1. The number of hydrogen-bond acceptors (Lipinski definition) is 3. The Morgan fingerprint density at radius 2 is 2.36 bits per heavy atom. The Kier molecular flexibility index (Phi) is 3.55. The lowest BCUT2D eigenvalue weighted by Crippen LogP contribution is -2.51. The van der Waals surface area contributed by atoms with Crippen molar-refractivity contribution in [2.75, 3.05) is 6.54 Å². The van der Waals surface area contributed by atoms with E-state index in [2.05, 4.69) is 5.32 Å². The molecule has 0 aromatic rings. The van der Waals surface area contributed by atoms with Gasteiger partial charge >= 0.3 is 0 Å². The highest BCUT2D eigenvalue weighted by Gasteiger charge is 2.24. The second-order valence-electron chi connectivity index (χ2n) is 2.61. The average Bonchev–Trinajstić information content (AvgIpc) is 2.00. The Bertz CT molecular complexity index is 181. The van der Waals surface area contributed by atoms with Crippen LogP contribution in [0.15, 0.2) is 0 Å². The Balaban J connectivity index is 3.94. The zero-order valence-corrected chi connectivity index (χ0v) is 6.85. The molecule has 0 heterocycles. The lowest BCUT2D eigenvalue weighted by atomic mass is 10.00. The molecule has 0 aliphatic carbocycles. The molecule has 0 aromatic heterocycles. The quantitative estimate of drug-likeness (QED) is 0.552. The maximum Gasteiger partial charge on any atom is 0.240 e. The first-order valence-electron chi connectivity index (χ1n) is 3.48. The molecule has 4 nitrogen and oxygen atoms in total. The summed E-state index contributed by atoms with van der Waals surface area (Å²) in [5.74, 6) is -0.276. The van der Waals surface area contributed by atoms with E-state index in [1.165, 1.54) is 0 Å². The van der Waals surface area contributed by atoms with Crippen molar-refractivity contribution in [3.8, 4) is 6.07 Å². The van der Waals surface area contributed by atoms with Gasteiger partial charge < -0.3 is 11.1 Å². The van der Waals surface area contributed by atoms with E-state index < -0.39 is 5.54 Å². The molecule has 0 spiro atoms. The fourth-order valence-electron chi connectivity index (χ4n) is 0.482. The summed E-state index contributed by atoms with van der Waals surface area (Å²) in [5.41, 5.74) is 4.73. The van der Waals surface area contributed by atoms with Crippen molar-refractivity contribution < 1.29 is 4.79 Å². The number of carbonyl (C=O) groups excluding carboxylic acids is 1. The van der Waals surface area contributed by atoms with Gasteiger partial charge in [0.15, 0.2) is 0 Å². The van der Waals surface area contributed by atoms with Crippen molar-refractivity contribution in [1.82, 2.24) is 5.32 Å². The maximum atomic E-state index is 11.1. The van der Waals surface area contributed by atoms with Gasteiger partial charge in [-0.2, -0.15) is 5.26 Å². The fourth-order valence-corrected chi connectivity index (χ4v) is 0.482. The molecule has 0 aliphatic rings. The smallest absolute Gasteiger partial charge is 0.240 e. The summed E-state index contributed by atoms with van der Waals surface area (Å²) in [6.45, 7) is 3.48. The van der Waals surface area contributed by atoms with Gasteiger partial charge in [0.1, 0.15) is 6.54 Å². The number of rotatable bonds is 3. The molecule has 11 heavy (non-hydrogen) atoms. The number of amides is 1. The Morgan fingerprint density at radius 1 is 1.82 bits per heavy atom. The molecule has 0 saturated carbocycles. The van der Waals surface area contributed by atoms with E-state index in [9.17, 15) is 4.79 Å². The van der Waals surface area contributed by atoms with Crippen LogP contribution in [-0.2, 0) is 4.79 Å². The molecule has 0 bridgehead atoms. The molecular formula is C7H13N3O. The van der Waals surface area contributed by atoms with E-state index in [0.29, 0.717) is 6.42 Å². The predicted molar refractivity (Wildman–Crippen MR) is 41.5 cm³/mol. The third-order valence-electron chi connectivity index (χ3n) is 1.58. The second-order valence-corrected chi connectivity index (χ2v) is 2.61. The minimum atomic E-state index is -0.850. The topological polar surface area (TPSA) is 78.9 Å². The summed E-state index contributed by atoms with van der Waals surface area (Å²) in [5, 5.41) is 10.5. The normalized spacial score (nSPS) is 14.7. The van der Waals surface area contributed by atoms with Crippen molar-refractivity contribution in [1.29, 1.82) is 5.26 Å². The molecule has 1 unspecified atom stereocenters. The first-order valence-corrected chi connectivity index (χ1v) is 3.48. The molecule has 3 N–H and O–H groups in total. The standard InChI is InChI=1S/C7H13N3O/c1-3-7(2,9)6(11)10-5-4-8/h3,5,9H2,1-2H3,(H,10,11). The van der Waals surface area contributed by atoms with Gasteiger partial charge in [-0.15, -0.1) is 0 Å². The zero-order chi connectivity index (χ0) is 8.91. The number of nitrogens with zero attached hydrogens (tertiary/aromatic N) is 1. The average molecular weight is 155 g/mol. The number of nitrogens with one attached hydrogen (secondary N) is 1. The predicted octanol–water partition coefficient (Wildman–Crippen LogP) is -0.246. The monoisotopic (exact) mass is 155 g/mol. The van der Waals surface area contributed by atoms with Crippen LogP contribution in [0.25, 0.3) is 0 Å². The van der Waals surface area contributed by atoms with E-state index in [1.54, 1.807) is 6.92 Å². The summed E-state index contributed by atoms with van der Waals surface area (Å²) in [6.07, 6.45) is 0.560. The molecule has 62 valence electrons. The lowest BCUT2D eigenvalue weighted by molar-refractivity contribution is -0.125. The summed E-state index contributed by atoms with van der Waals surface area (Å²) < 4.78 is 0. The molecule has 0 rings (SSSR count). The van der Waals surface area contributed by atoms with Crippen molar-refractivity contribution >= 4 is 5.91 Å². The third kappa shape index (κ3) is 3.01. The van der Waals surface area contributed by atoms with Crippen LogP contribution >= 0.6 is 0 Å². The highest BCUT2D eigenvalue weighted by molar-refractivity contribution is 5.85. The van der Waals surface area contributed by atoms with Crippen LogP contribution in [0.3, 0.4) is 0 Å². The summed E-state index contributed by atoms with van der Waals surface area (Å²) in [6, 6.07) is 1.81. The Hall–Kier alpha value is -1.08. The largest absolute Gasteiger partial charge is 0.341 e. The zero-order valence-electron chi connectivity index (χ0n) is 6.85. The van der Waals surface area contributed by atoms with Crippen molar-refractivity contribution in [3.05, 3.63) is 0 Å². The molecule has 0 aromatic carbocycles. The van der Waals surface area contributed by atoms with E-state index >= 15 is 0 Å². The van der Waals surface area contributed by atoms with Crippen LogP contribution in [-0.4, -0.2) is 18.0 Å². The van der Waals surface area contributed by atoms with Gasteiger partial charge in [-0.05, 0) is 13.3 Å². The van der Waals surface area contributed by atoms with Gasteiger partial charge in [-0.25, -0.2) is 0 Å². The molecule has 0 saturated heterocycles. The highest BCUT2D eigenvalue weighted by Crippen LogP contribution is 2.03. The van der Waals surface area contributed by atoms with Crippen molar-refractivity contribution in [2.24, 2.45) is 5.73 Å². The number of hydrogen-bond donors (Lipinski definition) is 2. The van der Waals surface area contributed by atoms with E-state index in [-0.39, 0.29) is 12.5 Å². The van der Waals surface area contributed by atoms with Gasteiger partial charge in [0.05, 0.1) is 11.6 Å². The van der Waals surface area contributed by atoms with Crippen molar-refractivity contribution in [3.63, 3.8) is 0 Å². The SMILES string of the molecule is CCC(C)(N)C(=O)NCC#N. The molecule has 0 aliphatic heterocycles.